The molecule has 1 saturated carbocycles. The van der Waals surface area contributed by atoms with E-state index in [1.165, 1.54) is 12.8 Å². The first-order valence-corrected chi connectivity index (χ1v) is 6.45. The van der Waals surface area contributed by atoms with E-state index < -0.39 is 0 Å². The SMILES string of the molecule is O=c1[nH]c2ccc(Br)cc2n1C1CCCC1. The number of nitrogens with zero attached hydrogens (tertiary/aromatic N) is 1. The van der Waals surface area contributed by atoms with Crippen LogP contribution in [0, 0.1) is 0 Å². The molecule has 0 atom stereocenters. The minimum Gasteiger partial charge on any atom is -0.306 e. The van der Waals surface area contributed by atoms with Crippen molar-refractivity contribution in [2.45, 2.75) is 31.7 Å². The summed E-state index contributed by atoms with van der Waals surface area (Å²) in [6, 6.07) is 6.31. The third-order valence-electron chi connectivity index (χ3n) is 3.37. The van der Waals surface area contributed by atoms with Gasteiger partial charge in [0.1, 0.15) is 0 Å². The molecule has 0 radical (unpaired) electrons. The van der Waals surface area contributed by atoms with Crippen LogP contribution in [0.5, 0.6) is 0 Å². The third-order valence-corrected chi connectivity index (χ3v) is 3.86. The topological polar surface area (TPSA) is 37.8 Å². The summed E-state index contributed by atoms with van der Waals surface area (Å²) in [4.78, 5) is 14.8. The molecule has 3 rings (SSSR count). The van der Waals surface area contributed by atoms with Crippen molar-refractivity contribution in [2.75, 3.05) is 0 Å². The summed E-state index contributed by atoms with van der Waals surface area (Å²) >= 11 is 3.46. The number of fused-ring (bicyclic) bond motifs is 1. The maximum absolute atomic E-state index is 11.9. The number of H-pyrrole nitrogens is 1. The summed E-state index contributed by atoms with van der Waals surface area (Å²) in [5, 5.41) is 0. The Hall–Kier alpha value is -1.03. The van der Waals surface area contributed by atoms with Crippen LogP contribution in [0.3, 0.4) is 0 Å². The Balaban J connectivity index is 2.25. The van der Waals surface area contributed by atoms with Crippen molar-refractivity contribution in [3.05, 3.63) is 33.2 Å². The zero-order chi connectivity index (χ0) is 11.1. The number of imidazole rings is 1. The normalized spacial score (nSPS) is 17.3. The molecule has 1 heterocycles. The van der Waals surface area contributed by atoms with Crippen molar-refractivity contribution < 1.29 is 0 Å². The van der Waals surface area contributed by atoms with Gasteiger partial charge in [-0.3, -0.25) is 4.57 Å². The molecule has 1 fully saturated rings. The van der Waals surface area contributed by atoms with Gasteiger partial charge in [-0.25, -0.2) is 4.79 Å². The molecule has 1 aliphatic rings. The molecule has 1 aliphatic carbocycles. The van der Waals surface area contributed by atoms with Gasteiger partial charge in [0.05, 0.1) is 11.0 Å². The van der Waals surface area contributed by atoms with E-state index >= 15 is 0 Å². The smallest absolute Gasteiger partial charge is 0.306 e. The maximum atomic E-state index is 11.9. The second kappa shape index (κ2) is 3.77. The number of hydrogen-bond donors (Lipinski definition) is 1. The Morgan fingerprint density at radius 2 is 2.06 bits per heavy atom. The van der Waals surface area contributed by atoms with Gasteiger partial charge >= 0.3 is 5.69 Å². The summed E-state index contributed by atoms with van der Waals surface area (Å²) in [5.74, 6) is 0. The van der Waals surface area contributed by atoms with Crippen molar-refractivity contribution in [3.63, 3.8) is 0 Å². The minimum absolute atomic E-state index is 0.0278. The monoisotopic (exact) mass is 280 g/mol. The van der Waals surface area contributed by atoms with Crippen molar-refractivity contribution in [1.29, 1.82) is 0 Å². The molecule has 0 unspecified atom stereocenters. The van der Waals surface area contributed by atoms with E-state index in [4.69, 9.17) is 0 Å². The van der Waals surface area contributed by atoms with Gasteiger partial charge in [0, 0.05) is 10.5 Å². The van der Waals surface area contributed by atoms with Crippen molar-refractivity contribution >= 4 is 27.0 Å². The number of hydrogen-bond acceptors (Lipinski definition) is 1. The van der Waals surface area contributed by atoms with E-state index in [1.807, 2.05) is 22.8 Å². The van der Waals surface area contributed by atoms with Crippen LogP contribution >= 0.6 is 15.9 Å². The van der Waals surface area contributed by atoms with Crippen LogP contribution in [0.1, 0.15) is 31.7 Å². The van der Waals surface area contributed by atoms with Crippen LogP contribution in [0.2, 0.25) is 0 Å². The molecular weight excluding hydrogens is 268 g/mol. The Morgan fingerprint density at radius 3 is 2.81 bits per heavy atom. The number of halogens is 1. The van der Waals surface area contributed by atoms with E-state index in [9.17, 15) is 4.79 Å². The second-order valence-corrected chi connectivity index (χ2v) is 5.32. The fourth-order valence-corrected chi connectivity index (χ4v) is 2.97. The lowest BCUT2D eigenvalue weighted by atomic mass is 10.2. The van der Waals surface area contributed by atoms with Gasteiger partial charge in [-0.15, -0.1) is 0 Å². The van der Waals surface area contributed by atoms with E-state index in [-0.39, 0.29) is 5.69 Å². The fourth-order valence-electron chi connectivity index (χ4n) is 2.62. The molecule has 16 heavy (non-hydrogen) atoms. The van der Waals surface area contributed by atoms with Gasteiger partial charge in [0.15, 0.2) is 0 Å². The average molecular weight is 281 g/mol. The lowest BCUT2D eigenvalue weighted by molar-refractivity contribution is 0.518. The van der Waals surface area contributed by atoms with Crippen LogP contribution in [0.15, 0.2) is 27.5 Å². The summed E-state index contributed by atoms with van der Waals surface area (Å²) in [5.41, 5.74) is 1.98. The van der Waals surface area contributed by atoms with Crippen molar-refractivity contribution in [2.24, 2.45) is 0 Å². The molecule has 0 saturated heterocycles. The lowest BCUT2D eigenvalue weighted by Gasteiger charge is -2.10. The number of benzene rings is 1. The molecule has 0 spiro atoms. The van der Waals surface area contributed by atoms with Gasteiger partial charge < -0.3 is 4.98 Å². The van der Waals surface area contributed by atoms with Gasteiger partial charge in [-0.05, 0) is 31.0 Å². The number of aromatic nitrogens is 2. The number of aromatic amines is 1. The van der Waals surface area contributed by atoms with Gasteiger partial charge in [0.2, 0.25) is 0 Å². The molecule has 2 aromatic rings. The summed E-state index contributed by atoms with van der Waals surface area (Å²) < 4.78 is 2.94. The maximum Gasteiger partial charge on any atom is 0.326 e. The number of rotatable bonds is 1. The predicted octanol–water partition coefficient (Wildman–Crippen LogP) is 3.21. The summed E-state index contributed by atoms with van der Waals surface area (Å²) in [7, 11) is 0. The van der Waals surface area contributed by atoms with Crippen LogP contribution in [0.25, 0.3) is 11.0 Å². The predicted molar refractivity (Wildman–Crippen MR) is 67.8 cm³/mol. The minimum atomic E-state index is 0.0278. The fraction of sp³-hybridized carbons (Fsp3) is 0.417. The highest BCUT2D eigenvalue weighted by Gasteiger charge is 2.20. The Kier molecular flexibility index (Phi) is 2.39. The highest BCUT2D eigenvalue weighted by Crippen LogP contribution is 2.31. The Morgan fingerprint density at radius 1 is 1.31 bits per heavy atom. The largest absolute Gasteiger partial charge is 0.326 e. The van der Waals surface area contributed by atoms with Crippen molar-refractivity contribution in [3.8, 4) is 0 Å². The van der Waals surface area contributed by atoms with Gasteiger partial charge in [0.25, 0.3) is 0 Å². The first-order valence-electron chi connectivity index (χ1n) is 5.65. The van der Waals surface area contributed by atoms with Crippen LogP contribution < -0.4 is 5.69 Å². The molecule has 1 N–H and O–H groups in total. The van der Waals surface area contributed by atoms with Crippen molar-refractivity contribution in [1.82, 2.24) is 9.55 Å². The number of nitrogens with one attached hydrogen (secondary N) is 1. The second-order valence-electron chi connectivity index (χ2n) is 4.40. The molecule has 3 nitrogen and oxygen atoms in total. The molecule has 4 heteroatoms. The molecule has 0 bridgehead atoms. The molecular formula is C12H13BrN2O. The van der Waals surface area contributed by atoms with Crippen LogP contribution in [-0.4, -0.2) is 9.55 Å². The van der Waals surface area contributed by atoms with Crippen LogP contribution in [-0.2, 0) is 0 Å². The standard InChI is InChI=1S/C12H13BrN2O/c13-8-5-6-10-11(7-8)15(12(16)14-10)9-3-1-2-4-9/h5-7,9H,1-4H2,(H,14,16). The molecule has 1 aromatic carbocycles. The first kappa shape index (κ1) is 10.1. The lowest BCUT2D eigenvalue weighted by Crippen LogP contribution is -2.20. The summed E-state index contributed by atoms with van der Waals surface area (Å²) in [6.07, 6.45) is 4.72. The third kappa shape index (κ3) is 1.52. The highest BCUT2D eigenvalue weighted by atomic mass is 79.9. The van der Waals surface area contributed by atoms with E-state index in [0.29, 0.717) is 6.04 Å². The molecule has 84 valence electrons. The van der Waals surface area contributed by atoms with E-state index in [1.54, 1.807) is 0 Å². The van der Waals surface area contributed by atoms with Crippen LogP contribution in [0.4, 0.5) is 0 Å². The Bertz CT molecular complexity index is 578. The molecule has 0 aliphatic heterocycles. The zero-order valence-electron chi connectivity index (χ0n) is 8.87. The average Bonchev–Trinajstić information content (AvgIpc) is 2.83. The zero-order valence-corrected chi connectivity index (χ0v) is 10.5. The van der Waals surface area contributed by atoms with E-state index in [0.717, 1.165) is 28.3 Å². The van der Waals surface area contributed by atoms with E-state index in [2.05, 4.69) is 20.9 Å². The van der Waals surface area contributed by atoms with Gasteiger partial charge in [-0.2, -0.15) is 0 Å². The quantitative estimate of drug-likeness (QED) is 0.856. The van der Waals surface area contributed by atoms with Gasteiger partial charge in [-0.1, -0.05) is 28.8 Å². The summed E-state index contributed by atoms with van der Waals surface area (Å²) in [6.45, 7) is 0. The first-order chi connectivity index (χ1) is 7.75. The molecule has 0 amide bonds. The highest BCUT2D eigenvalue weighted by molar-refractivity contribution is 9.10. The molecule has 1 aromatic heterocycles. The Labute approximate surface area is 102 Å².